The van der Waals surface area contributed by atoms with Gasteiger partial charge in [-0.25, -0.2) is 0 Å². The van der Waals surface area contributed by atoms with Crippen molar-refractivity contribution in [1.29, 1.82) is 0 Å². The normalized spacial score (nSPS) is 20.9. The van der Waals surface area contributed by atoms with Crippen LogP contribution in [0.3, 0.4) is 0 Å². The fraction of sp³-hybridized carbons (Fsp3) is 0.867. The van der Waals surface area contributed by atoms with Gasteiger partial charge < -0.3 is 14.5 Å². The van der Waals surface area contributed by atoms with Crippen molar-refractivity contribution in [2.75, 3.05) is 59.0 Å². The maximum Gasteiger partial charge on any atom is 0.236 e. The summed E-state index contributed by atoms with van der Waals surface area (Å²) in [6.07, 6.45) is 0.599. The van der Waals surface area contributed by atoms with E-state index in [2.05, 4.69) is 18.7 Å². The van der Waals surface area contributed by atoms with Crippen LogP contribution in [0.25, 0.3) is 0 Å². The number of hydrogen-bond donors (Lipinski definition) is 0. The molecule has 0 saturated carbocycles. The first-order chi connectivity index (χ1) is 10.1. The maximum absolute atomic E-state index is 12.3. The van der Waals surface area contributed by atoms with E-state index >= 15 is 0 Å². The third kappa shape index (κ3) is 4.97. The lowest BCUT2D eigenvalue weighted by atomic mass is 10.1. The van der Waals surface area contributed by atoms with E-state index in [0.29, 0.717) is 58.3 Å². The van der Waals surface area contributed by atoms with E-state index in [1.165, 1.54) is 0 Å². The van der Waals surface area contributed by atoms with Crippen molar-refractivity contribution >= 4 is 11.8 Å². The SMILES string of the molecule is CC(C)CC(=O)N1CCN(C(=O)CN2CCOCC2)CC1. The van der Waals surface area contributed by atoms with Crippen LogP contribution in [0, 0.1) is 5.92 Å². The molecule has 0 bridgehead atoms. The zero-order valence-electron chi connectivity index (χ0n) is 13.2. The van der Waals surface area contributed by atoms with Crippen LogP contribution in [0.2, 0.25) is 0 Å². The van der Waals surface area contributed by atoms with Crippen LogP contribution in [0.5, 0.6) is 0 Å². The van der Waals surface area contributed by atoms with Crippen LogP contribution in [0.4, 0.5) is 0 Å². The Morgan fingerprint density at radius 1 is 0.905 bits per heavy atom. The molecule has 2 fully saturated rings. The molecule has 0 aromatic carbocycles. The van der Waals surface area contributed by atoms with Crippen molar-refractivity contribution in [3.63, 3.8) is 0 Å². The topological polar surface area (TPSA) is 53.1 Å². The van der Waals surface area contributed by atoms with E-state index in [1.54, 1.807) is 0 Å². The molecular formula is C15H27N3O3. The van der Waals surface area contributed by atoms with Crippen LogP contribution in [-0.4, -0.2) is 85.5 Å². The molecule has 0 aromatic heterocycles. The predicted molar refractivity (Wildman–Crippen MR) is 79.9 cm³/mol. The van der Waals surface area contributed by atoms with E-state index in [4.69, 9.17) is 4.74 Å². The highest BCUT2D eigenvalue weighted by Crippen LogP contribution is 2.09. The number of piperazine rings is 1. The van der Waals surface area contributed by atoms with Crippen LogP contribution in [0.1, 0.15) is 20.3 Å². The Bertz CT molecular complexity index is 359. The number of hydrogen-bond acceptors (Lipinski definition) is 4. The summed E-state index contributed by atoms with van der Waals surface area (Å²) in [7, 11) is 0. The highest BCUT2D eigenvalue weighted by Gasteiger charge is 2.25. The molecule has 21 heavy (non-hydrogen) atoms. The molecule has 2 rings (SSSR count). The molecule has 6 nitrogen and oxygen atoms in total. The zero-order chi connectivity index (χ0) is 15.2. The van der Waals surface area contributed by atoms with Gasteiger partial charge in [0.25, 0.3) is 0 Å². The van der Waals surface area contributed by atoms with Crippen molar-refractivity contribution in [3.8, 4) is 0 Å². The second-order valence-corrected chi connectivity index (χ2v) is 6.25. The van der Waals surface area contributed by atoms with Crippen molar-refractivity contribution in [1.82, 2.24) is 14.7 Å². The first kappa shape index (κ1) is 16.2. The quantitative estimate of drug-likeness (QED) is 0.735. The lowest BCUT2D eigenvalue weighted by Crippen LogP contribution is -2.53. The molecule has 0 atom stereocenters. The summed E-state index contributed by atoms with van der Waals surface area (Å²) >= 11 is 0. The van der Waals surface area contributed by atoms with Gasteiger partial charge in [0.1, 0.15) is 0 Å². The summed E-state index contributed by atoms with van der Waals surface area (Å²) in [5.41, 5.74) is 0. The Morgan fingerprint density at radius 2 is 1.43 bits per heavy atom. The average Bonchev–Trinajstić information content (AvgIpc) is 2.47. The van der Waals surface area contributed by atoms with E-state index in [-0.39, 0.29) is 11.8 Å². The predicted octanol–water partition coefficient (Wildman–Crippen LogP) is 0.0355. The Balaban J connectivity index is 1.72. The molecule has 0 radical (unpaired) electrons. The van der Waals surface area contributed by atoms with Gasteiger partial charge in [0.2, 0.25) is 11.8 Å². The Hall–Kier alpha value is -1.14. The van der Waals surface area contributed by atoms with Crippen LogP contribution < -0.4 is 0 Å². The molecule has 6 heteroatoms. The molecule has 2 aliphatic heterocycles. The summed E-state index contributed by atoms with van der Waals surface area (Å²) in [5.74, 6) is 0.775. The zero-order valence-corrected chi connectivity index (χ0v) is 13.2. The minimum atomic E-state index is 0.174. The summed E-state index contributed by atoms with van der Waals surface area (Å²) in [6, 6.07) is 0. The molecule has 2 saturated heterocycles. The summed E-state index contributed by atoms with van der Waals surface area (Å²) in [6.45, 7) is 10.3. The van der Waals surface area contributed by atoms with Crippen molar-refractivity contribution in [3.05, 3.63) is 0 Å². The number of morpholine rings is 1. The molecule has 2 amide bonds. The van der Waals surface area contributed by atoms with Gasteiger partial charge in [0, 0.05) is 45.7 Å². The molecule has 0 spiro atoms. The first-order valence-electron chi connectivity index (χ1n) is 7.92. The molecule has 120 valence electrons. The van der Waals surface area contributed by atoms with Crippen molar-refractivity contribution < 1.29 is 14.3 Å². The molecule has 0 aromatic rings. The van der Waals surface area contributed by atoms with Gasteiger partial charge in [0.05, 0.1) is 19.8 Å². The Morgan fingerprint density at radius 3 is 1.95 bits per heavy atom. The number of rotatable bonds is 4. The minimum absolute atomic E-state index is 0.174. The molecule has 2 aliphatic rings. The minimum Gasteiger partial charge on any atom is -0.379 e. The maximum atomic E-state index is 12.3. The lowest BCUT2D eigenvalue weighted by molar-refractivity contribution is -0.141. The molecule has 0 unspecified atom stereocenters. The third-order valence-electron chi connectivity index (χ3n) is 4.03. The molecule has 0 N–H and O–H groups in total. The highest BCUT2D eigenvalue weighted by atomic mass is 16.5. The van der Waals surface area contributed by atoms with Gasteiger partial charge in [-0.1, -0.05) is 13.8 Å². The average molecular weight is 297 g/mol. The fourth-order valence-corrected chi connectivity index (χ4v) is 2.73. The van der Waals surface area contributed by atoms with Crippen molar-refractivity contribution in [2.45, 2.75) is 20.3 Å². The van der Waals surface area contributed by atoms with Gasteiger partial charge in [-0.3, -0.25) is 14.5 Å². The largest absolute Gasteiger partial charge is 0.379 e. The fourth-order valence-electron chi connectivity index (χ4n) is 2.73. The van der Waals surface area contributed by atoms with Crippen LogP contribution in [0.15, 0.2) is 0 Å². The smallest absolute Gasteiger partial charge is 0.236 e. The number of carbonyl (C=O) groups excluding carboxylic acids is 2. The molecular weight excluding hydrogens is 270 g/mol. The molecule has 2 heterocycles. The summed E-state index contributed by atoms with van der Waals surface area (Å²) in [4.78, 5) is 30.2. The van der Waals surface area contributed by atoms with E-state index in [9.17, 15) is 9.59 Å². The third-order valence-corrected chi connectivity index (χ3v) is 4.03. The van der Waals surface area contributed by atoms with Gasteiger partial charge in [-0.2, -0.15) is 0 Å². The van der Waals surface area contributed by atoms with E-state index in [1.807, 2.05) is 9.80 Å². The Kier molecular flexibility index (Phi) is 5.99. The number of carbonyl (C=O) groups is 2. The van der Waals surface area contributed by atoms with E-state index in [0.717, 1.165) is 13.1 Å². The lowest BCUT2D eigenvalue weighted by Gasteiger charge is -2.36. The second kappa shape index (κ2) is 7.75. The monoisotopic (exact) mass is 297 g/mol. The van der Waals surface area contributed by atoms with Crippen LogP contribution in [-0.2, 0) is 14.3 Å². The summed E-state index contributed by atoms with van der Waals surface area (Å²) < 4.78 is 5.29. The van der Waals surface area contributed by atoms with E-state index < -0.39 is 0 Å². The van der Waals surface area contributed by atoms with Gasteiger partial charge >= 0.3 is 0 Å². The standard InChI is InChI=1S/C15H27N3O3/c1-13(2)11-14(19)17-3-5-18(6-4-17)15(20)12-16-7-9-21-10-8-16/h13H,3-12H2,1-2H3. The number of amides is 2. The molecule has 0 aliphatic carbocycles. The number of nitrogens with zero attached hydrogens (tertiary/aromatic N) is 3. The highest BCUT2D eigenvalue weighted by molar-refractivity contribution is 5.79. The van der Waals surface area contributed by atoms with Gasteiger partial charge in [-0.15, -0.1) is 0 Å². The van der Waals surface area contributed by atoms with Gasteiger partial charge in [-0.05, 0) is 5.92 Å². The van der Waals surface area contributed by atoms with Crippen LogP contribution >= 0.6 is 0 Å². The van der Waals surface area contributed by atoms with Crippen molar-refractivity contribution in [2.24, 2.45) is 5.92 Å². The van der Waals surface area contributed by atoms with Gasteiger partial charge in [0.15, 0.2) is 0 Å². The second-order valence-electron chi connectivity index (χ2n) is 6.25. The first-order valence-corrected chi connectivity index (χ1v) is 7.92. The number of ether oxygens (including phenoxy) is 1. The Labute approximate surface area is 127 Å². The summed E-state index contributed by atoms with van der Waals surface area (Å²) in [5, 5.41) is 0.